The number of hydrogen-bond donors (Lipinski definition) is 1. The van der Waals surface area contributed by atoms with Gasteiger partial charge in [0.25, 0.3) is 0 Å². The number of H-pyrrole nitrogens is 1. The number of carbonyl (C=O) groups excluding carboxylic acids is 1. The van der Waals surface area contributed by atoms with Crippen molar-refractivity contribution in [1.82, 2.24) is 10.1 Å². The molecule has 0 bridgehead atoms. The summed E-state index contributed by atoms with van der Waals surface area (Å²) in [5.74, 6) is 0.819. The normalized spacial score (nSPS) is 15.2. The van der Waals surface area contributed by atoms with Crippen LogP contribution in [-0.4, -0.2) is 21.7 Å². The zero-order valence-electron chi connectivity index (χ0n) is 15.7. The van der Waals surface area contributed by atoms with Gasteiger partial charge in [0, 0.05) is 11.5 Å². The van der Waals surface area contributed by atoms with Crippen LogP contribution >= 0.6 is 23.1 Å². The van der Waals surface area contributed by atoms with Crippen LogP contribution in [0, 0.1) is 0 Å². The van der Waals surface area contributed by atoms with Crippen LogP contribution in [0.15, 0.2) is 51.7 Å². The van der Waals surface area contributed by atoms with Gasteiger partial charge in [-0.05, 0) is 40.4 Å². The minimum atomic E-state index is -0.470. The number of nitrogens with one attached hydrogen (secondary N) is 1. The second-order valence-electron chi connectivity index (χ2n) is 6.41. The molecule has 0 fully saturated rings. The number of thioether (sulfide) groups is 1. The SMILES string of the molecule is CCCC(=O)N1c2ccccc2-c2c(=O)[nH]c(SCC)n[n+]2[C@@H]1c1cccs1. The number of nitrogens with zero attached hydrogens (tertiary/aromatic N) is 3. The fourth-order valence-electron chi connectivity index (χ4n) is 3.47. The van der Waals surface area contributed by atoms with Gasteiger partial charge in [0.15, 0.2) is 0 Å². The van der Waals surface area contributed by atoms with Gasteiger partial charge in [-0.3, -0.25) is 14.6 Å². The Morgan fingerprint density at radius 2 is 2.11 bits per heavy atom. The number of hydrogen-bond acceptors (Lipinski definition) is 5. The molecular weight excluding hydrogens is 392 g/mol. The zero-order valence-corrected chi connectivity index (χ0v) is 17.3. The summed E-state index contributed by atoms with van der Waals surface area (Å²) in [7, 11) is 0. The van der Waals surface area contributed by atoms with E-state index in [2.05, 4.69) is 4.98 Å². The minimum Gasteiger partial charge on any atom is -0.291 e. The number of aromatic amines is 1. The first kappa shape index (κ1) is 18.9. The molecule has 0 unspecified atom stereocenters. The fraction of sp³-hybridized carbons (Fsp3) is 0.300. The van der Waals surface area contributed by atoms with Gasteiger partial charge in [0.05, 0.1) is 16.1 Å². The highest BCUT2D eigenvalue weighted by atomic mass is 32.2. The molecule has 3 aromatic rings. The van der Waals surface area contributed by atoms with Crippen LogP contribution in [0.2, 0.25) is 0 Å². The summed E-state index contributed by atoms with van der Waals surface area (Å²) < 4.78 is 1.72. The van der Waals surface area contributed by atoms with Crippen LogP contribution in [0.5, 0.6) is 0 Å². The third-order valence-electron chi connectivity index (χ3n) is 4.57. The van der Waals surface area contributed by atoms with E-state index in [9.17, 15) is 9.59 Å². The standard InChI is InChI=1S/C20H20N4O2S2/c1-3-8-16(25)23-14-10-6-5-9-13(14)17-18(26)21-20(27-4-2)22-24(17)19(23)15-11-7-12-28-15/h5-7,9-12,19H,3-4,8H2,1-2H3/p+1/t19-/m1/s1. The van der Waals surface area contributed by atoms with E-state index in [1.54, 1.807) is 20.9 Å². The third kappa shape index (κ3) is 3.16. The van der Waals surface area contributed by atoms with Crippen LogP contribution in [0.25, 0.3) is 11.3 Å². The first-order valence-corrected chi connectivity index (χ1v) is 11.2. The molecule has 1 aliphatic heterocycles. The van der Waals surface area contributed by atoms with Crippen molar-refractivity contribution in [3.63, 3.8) is 0 Å². The van der Waals surface area contributed by atoms with E-state index in [4.69, 9.17) is 5.10 Å². The Morgan fingerprint density at radius 1 is 1.29 bits per heavy atom. The lowest BCUT2D eigenvalue weighted by Crippen LogP contribution is -2.60. The van der Waals surface area contributed by atoms with Gasteiger partial charge in [-0.1, -0.05) is 43.8 Å². The van der Waals surface area contributed by atoms with Crippen molar-refractivity contribution in [2.24, 2.45) is 0 Å². The number of thiophene rings is 1. The summed E-state index contributed by atoms with van der Waals surface area (Å²) in [5, 5.41) is 7.26. The molecule has 0 saturated heterocycles. The predicted molar refractivity (Wildman–Crippen MR) is 112 cm³/mol. The summed E-state index contributed by atoms with van der Waals surface area (Å²) in [6.45, 7) is 4.01. The quantitative estimate of drug-likeness (QED) is 0.513. The highest BCUT2D eigenvalue weighted by Gasteiger charge is 2.45. The Labute approximate surface area is 171 Å². The van der Waals surface area contributed by atoms with E-state index in [1.807, 2.05) is 55.6 Å². The maximum absolute atomic E-state index is 13.2. The molecule has 1 N–H and O–H groups in total. The zero-order chi connectivity index (χ0) is 19.7. The van der Waals surface area contributed by atoms with E-state index in [0.717, 1.165) is 28.3 Å². The van der Waals surface area contributed by atoms with Crippen molar-refractivity contribution < 1.29 is 9.48 Å². The van der Waals surface area contributed by atoms with E-state index in [1.165, 1.54) is 11.8 Å². The van der Waals surface area contributed by atoms with Crippen LogP contribution in [0.4, 0.5) is 5.69 Å². The average molecular weight is 414 g/mol. The second kappa shape index (κ2) is 7.89. The predicted octanol–water partition coefficient (Wildman–Crippen LogP) is 3.59. The molecule has 0 aliphatic carbocycles. The van der Waals surface area contributed by atoms with Crippen molar-refractivity contribution >= 4 is 34.7 Å². The van der Waals surface area contributed by atoms with Crippen molar-refractivity contribution in [1.29, 1.82) is 0 Å². The van der Waals surface area contributed by atoms with E-state index >= 15 is 0 Å². The summed E-state index contributed by atoms with van der Waals surface area (Å²) in [4.78, 5) is 31.8. The summed E-state index contributed by atoms with van der Waals surface area (Å²) in [5.41, 5.74) is 1.77. The second-order valence-corrected chi connectivity index (χ2v) is 8.64. The summed E-state index contributed by atoms with van der Waals surface area (Å²) >= 11 is 3.03. The van der Waals surface area contributed by atoms with Gasteiger partial charge in [0.1, 0.15) is 0 Å². The Hall–Kier alpha value is -2.45. The lowest BCUT2D eigenvalue weighted by molar-refractivity contribution is -0.762. The Bertz CT molecular complexity index is 1060. The smallest absolute Gasteiger partial charge is 0.291 e. The molecule has 0 spiro atoms. The molecular formula is C20H21N4O2S2+. The Kier molecular flexibility index (Phi) is 5.32. The lowest BCUT2D eigenvalue weighted by atomic mass is 10.0. The molecule has 144 valence electrons. The van der Waals surface area contributed by atoms with Gasteiger partial charge in [-0.2, -0.15) is 0 Å². The molecule has 3 heterocycles. The molecule has 28 heavy (non-hydrogen) atoms. The summed E-state index contributed by atoms with van der Waals surface area (Å²) in [6.07, 6.45) is 0.722. The molecule has 1 atom stereocenters. The van der Waals surface area contributed by atoms with Gasteiger partial charge >= 0.3 is 17.4 Å². The molecule has 1 aliphatic rings. The van der Waals surface area contributed by atoms with Crippen LogP contribution in [0.1, 0.15) is 37.7 Å². The van der Waals surface area contributed by atoms with E-state index in [-0.39, 0.29) is 11.5 Å². The van der Waals surface area contributed by atoms with Gasteiger partial charge in [-0.25, -0.2) is 4.90 Å². The van der Waals surface area contributed by atoms with E-state index in [0.29, 0.717) is 17.3 Å². The molecule has 6 nitrogen and oxygen atoms in total. The first-order valence-electron chi connectivity index (χ1n) is 9.29. The van der Waals surface area contributed by atoms with Crippen LogP contribution in [0.3, 0.4) is 0 Å². The number of fused-ring (bicyclic) bond motifs is 3. The topological polar surface area (TPSA) is 69.9 Å². The molecule has 8 heteroatoms. The molecule has 1 amide bonds. The monoisotopic (exact) mass is 413 g/mol. The molecule has 2 aromatic heterocycles. The molecule has 1 aromatic carbocycles. The maximum Gasteiger partial charge on any atom is 0.325 e. The van der Waals surface area contributed by atoms with Crippen molar-refractivity contribution in [2.45, 2.75) is 38.0 Å². The van der Waals surface area contributed by atoms with Crippen LogP contribution in [-0.2, 0) is 4.79 Å². The largest absolute Gasteiger partial charge is 0.325 e. The van der Waals surface area contributed by atoms with Gasteiger partial charge in [0.2, 0.25) is 11.1 Å². The highest BCUT2D eigenvalue weighted by Crippen LogP contribution is 2.38. The Morgan fingerprint density at radius 3 is 2.82 bits per heavy atom. The van der Waals surface area contributed by atoms with Crippen LogP contribution < -0.4 is 15.1 Å². The van der Waals surface area contributed by atoms with Crippen molar-refractivity contribution in [3.8, 4) is 11.3 Å². The van der Waals surface area contributed by atoms with Gasteiger partial charge in [-0.15, -0.1) is 11.3 Å². The van der Waals surface area contributed by atoms with E-state index < -0.39 is 6.17 Å². The number of anilines is 1. The Balaban J connectivity index is 2.03. The number of benzene rings is 1. The fourth-order valence-corrected chi connectivity index (χ4v) is 4.86. The number of amides is 1. The molecule has 4 rings (SSSR count). The van der Waals surface area contributed by atoms with Gasteiger partial charge < -0.3 is 0 Å². The first-order chi connectivity index (χ1) is 13.7. The molecule has 0 radical (unpaired) electrons. The third-order valence-corrected chi connectivity index (χ3v) is 6.23. The summed E-state index contributed by atoms with van der Waals surface area (Å²) in [6, 6.07) is 11.5. The highest BCUT2D eigenvalue weighted by molar-refractivity contribution is 7.99. The number of carbonyl (C=O) groups is 1. The lowest BCUT2D eigenvalue weighted by Gasteiger charge is -2.31. The number of para-hydroxylation sites is 1. The average Bonchev–Trinajstić information content (AvgIpc) is 3.21. The minimum absolute atomic E-state index is 0.0262. The number of rotatable bonds is 5. The number of aromatic nitrogens is 3. The molecule has 0 saturated carbocycles. The maximum atomic E-state index is 13.2. The van der Waals surface area contributed by atoms with Crippen molar-refractivity contribution in [3.05, 3.63) is 57.0 Å². The van der Waals surface area contributed by atoms with Crippen molar-refractivity contribution in [2.75, 3.05) is 10.7 Å².